The Morgan fingerprint density at radius 1 is 1.60 bits per heavy atom. The summed E-state index contributed by atoms with van der Waals surface area (Å²) in [5.41, 5.74) is -0.276. The van der Waals surface area contributed by atoms with Crippen LogP contribution in [0.1, 0.15) is 20.3 Å². The normalized spacial score (nSPS) is 20.9. The van der Waals surface area contributed by atoms with Crippen molar-refractivity contribution in [3.8, 4) is 0 Å². The first-order valence-corrected chi connectivity index (χ1v) is 5.09. The molecule has 0 spiro atoms. The molecular formula is C10H21ClN2O2. The Morgan fingerprint density at radius 3 is 2.73 bits per heavy atom. The Morgan fingerprint density at radius 2 is 2.27 bits per heavy atom. The van der Waals surface area contributed by atoms with Gasteiger partial charge < -0.3 is 15.4 Å². The van der Waals surface area contributed by atoms with E-state index in [1.54, 1.807) is 7.11 Å². The average Bonchev–Trinajstić information content (AvgIpc) is 2.67. The number of hydrogen-bond donors (Lipinski definition) is 2. The van der Waals surface area contributed by atoms with Gasteiger partial charge in [-0.25, -0.2) is 0 Å². The summed E-state index contributed by atoms with van der Waals surface area (Å²) >= 11 is 0. The van der Waals surface area contributed by atoms with Crippen LogP contribution in [0.4, 0.5) is 0 Å². The summed E-state index contributed by atoms with van der Waals surface area (Å²) in [6.45, 7) is 6.24. The third-order valence-electron chi connectivity index (χ3n) is 2.67. The lowest BCUT2D eigenvalue weighted by Crippen LogP contribution is -2.42. The van der Waals surface area contributed by atoms with Crippen molar-refractivity contribution in [2.24, 2.45) is 5.92 Å². The number of amides is 1. The van der Waals surface area contributed by atoms with E-state index in [4.69, 9.17) is 4.74 Å². The molecule has 90 valence electrons. The molecule has 0 saturated carbocycles. The Balaban J connectivity index is 0.00000196. The standard InChI is InChI=1S/C10H20N2O2.ClH/c1-10(2,14-3)7-12-9(13)8-4-5-11-6-8;/h8,11H,4-7H2,1-3H3,(H,12,13);1H. The first-order chi connectivity index (χ1) is 6.55. The van der Waals surface area contributed by atoms with Crippen LogP contribution in [0, 0.1) is 5.92 Å². The minimum absolute atomic E-state index is 0. The van der Waals surface area contributed by atoms with Gasteiger partial charge in [-0.2, -0.15) is 0 Å². The minimum Gasteiger partial charge on any atom is -0.377 e. The van der Waals surface area contributed by atoms with E-state index in [0.29, 0.717) is 6.54 Å². The molecule has 1 atom stereocenters. The van der Waals surface area contributed by atoms with Crippen LogP contribution in [0.2, 0.25) is 0 Å². The Bertz CT molecular complexity index is 204. The predicted molar refractivity (Wildman–Crippen MR) is 62.3 cm³/mol. The third kappa shape index (κ3) is 4.82. The van der Waals surface area contributed by atoms with Crippen LogP contribution in [-0.4, -0.2) is 38.3 Å². The van der Waals surface area contributed by atoms with Crippen molar-refractivity contribution in [1.29, 1.82) is 0 Å². The van der Waals surface area contributed by atoms with E-state index in [9.17, 15) is 4.79 Å². The van der Waals surface area contributed by atoms with Crippen molar-refractivity contribution in [3.05, 3.63) is 0 Å². The number of methoxy groups -OCH3 is 1. The third-order valence-corrected chi connectivity index (χ3v) is 2.67. The maximum absolute atomic E-state index is 11.6. The van der Waals surface area contributed by atoms with Crippen LogP contribution >= 0.6 is 12.4 Å². The van der Waals surface area contributed by atoms with Crippen molar-refractivity contribution in [2.45, 2.75) is 25.9 Å². The van der Waals surface area contributed by atoms with Gasteiger partial charge in [-0.1, -0.05) is 0 Å². The molecule has 0 aliphatic carbocycles. The van der Waals surface area contributed by atoms with E-state index in [2.05, 4.69) is 10.6 Å². The van der Waals surface area contributed by atoms with Gasteiger partial charge in [-0.15, -0.1) is 12.4 Å². The first-order valence-electron chi connectivity index (χ1n) is 5.09. The van der Waals surface area contributed by atoms with Crippen molar-refractivity contribution in [2.75, 3.05) is 26.7 Å². The van der Waals surface area contributed by atoms with E-state index >= 15 is 0 Å². The van der Waals surface area contributed by atoms with Crippen molar-refractivity contribution in [1.82, 2.24) is 10.6 Å². The molecule has 0 aromatic rings. The molecule has 2 N–H and O–H groups in total. The van der Waals surface area contributed by atoms with Gasteiger partial charge in [0, 0.05) is 20.2 Å². The topological polar surface area (TPSA) is 50.4 Å². The van der Waals surface area contributed by atoms with Crippen molar-refractivity contribution in [3.63, 3.8) is 0 Å². The highest BCUT2D eigenvalue weighted by atomic mass is 35.5. The first kappa shape index (κ1) is 14.7. The fraction of sp³-hybridized carbons (Fsp3) is 0.900. The fourth-order valence-electron chi connectivity index (χ4n) is 1.39. The molecule has 1 aliphatic rings. The van der Waals surface area contributed by atoms with E-state index in [1.165, 1.54) is 0 Å². The number of halogens is 1. The smallest absolute Gasteiger partial charge is 0.224 e. The van der Waals surface area contributed by atoms with Gasteiger partial charge in [-0.05, 0) is 26.8 Å². The number of nitrogens with one attached hydrogen (secondary N) is 2. The zero-order chi connectivity index (χ0) is 10.6. The molecule has 1 unspecified atom stereocenters. The van der Waals surface area contributed by atoms with Gasteiger partial charge in [-0.3, -0.25) is 4.79 Å². The molecule has 1 aliphatic heterocycles. The Hall–Kier alpha value is -0.320. The average molecular weight is 237 g/mol. The molecular weight excluding hydrogens is 216 g/mol. The monoisotopic (exact) mass is 236 g/mol. The minimum atomic E-state index is -0.276. The summed E-state index contributed by atoms with van der Waals surface area (Å²) in [4.78, 5) is 11.6. The van der Waals surface area contributed by atoms with E-state index in [1.807, 2.05) is 13.8 Å². The molecule has 4 nitrogen and oxygen atoms in total. The number of carbonyl (C=O) groups is 1. The molecule has 1 fully saturated rings. The van der Waals surface area contributed by atoms with Gasteiger partial charge in [0.05, 0.1) is 11.5 Å². The summed E-state index contributed by atoms with van der Waals surface area (Å²) < 4.78 is 5.22. The van der Waals surface area contributed by atoms with Gasteiger partial charge in [0.1, 0.15) is 0 Å². The Kier molecular flexibility index (Phi) is 6.17. The highest BCUT2D eigenvalue weighted by Gasteiger charge is 2.24. The highest BCUT2D eigenvalue weighted by Crippen LogP contribution is 2.09. The fourth-order valence-corrected chi connectivity index (χ4v) is 1.39. The zero-order valence-electron chi connectivity index (χ0n) is 9.63. The van der Waals surface area contributed by atoms with E-state index < -0.39 is 0 Å². The number of rotatable bonds is 4. The zero-order valence-corrected chi connectivity index (χ0v) is 10.4. The number of carbonyl (C=O) groups excluding carboxylic acids is 1. The summed E-state index contributed by atoms with van der Waals surface area (Å²) in [7, 11) is 1.66. The van der Waals surface area contributed by atoms with Crippen LogP contribution in [0.3, 0.4) is 0 Å². The van der Waals surface area contributed by atoms with Gasteiger partial charge >= 0.3 is 0 Å². The summed E-state index contributed by atoms with van der Waals surface area (Å²) in [5, 5.41) is 6.08. The second-order valence-corrected chi connectivity index (χ2v) is 4.37. The second-order valence-electron chi connectivity index (χ2n) is 4.37. The van der Waals surface area contributed by atoms with Crippen molar-refractivity contribution < 1.29 is 9.53 Å². The molecule has 15 heavy (non-hydrogen) atoms. The molecule has 0 aromatic heterocycles. The van der Waals surface area contributed by atoms with Crippen LogP contribution < -0.4 is 10.6 Å². The van der Waals surface area contributed by atoms with Crippen LogP contribution in [0.25, 0.3) is 0 Å². The second kappa shape index (κ2) is 6.30. The van der Waals surface area contributed by atoms with E-state index in [-0.39, 0.29) is 29.8 Å². The summed E-state index contributed by atoms with van der Waals surface area (Å²) in [6, 6.07) is 0. The SMILES string of the molecule is COC(C)(C)CNC(=O)C1CCNC1.Cl. The van der Waals surface area contributed by atoms with Crippen LogP contribution in [0.15, 0.2) is 0 Å². The Labute approximate surface area is 97.5 Å². The number of hydrogen-bond acceptors (Lipinski definition) is 3. The highest BCUT2D eigenvalue weighted by molar-refractivity contribution is 5.85. The molecule has 0 radical (unpaired) electrons. The molecule has 5 heteroatoms. The lowest BCUT2D eigenvalue weighted by Gasteiger charge is -2.23. The van der Waals surface area contributed by atoms with Gasteiger partial charge in [0.25, 0.3) is 0 Å². The van der Waals surface area contributed by atoms with Crippen LogP contribution in [-0.2, 0) is 9.53 Å². The molecule has 1 saturated heterocycles. The lowest BCUT2D eigenvalue weighted by molar-refractivity contribution is -0.125. The van der Waals surface area contributed by atoms with Gasteiger partial charge in [0.2, 0.25) is 5.91 Å². The maximum atomic E-state index is 11.6. The largest absolute Gasteiger partial charge is 0.377 e. The molecule has 1 rings (SSSR count). The van der Waals surface area contributed by atoms with E-state index in [0.717, 1.165) is 19.5 Å². The predicted octanol–water partition coefficient (Wildman–Crippen LogP) is 0.559. The quantitative estimate of drug-likeness (QED) is 0.750. The van der Waals surface area contributed by atoms with Gasteiger partial charge in [0.15, 0.2) is 0 Å². The number of ether oxygens (including phenoxy) is 1. The molecule has 1 heterocycles. The maximum Gasteiger partial charge on any atom is 0.224 e. The molecule has 0 bridgehead atoms. The summed E-state index contributed by atoms with van der Waals surface area (Å²) in [5.74, 6) is 0.280. The lowest BCUT2D eigenvalue weighted by atomic mass is 10.1. The van der Waals surface area contributed by atoms with Crippen LogP contribution in [0.5, 0.6) is 0 Å². The summed E-state index contributed by atoms with van der Waals surface area (Å²) in [6.07, 6.45) is 0.944. The molecule has 1 amide bonds. The molecule has 0 aromatic carbocycles. The van der Waals surface area contributed by atoms with Crippen molar-refractivity contribution >= 4 is 18.3 Å².